The Bertz CT molecular complexity index is 972. The zero-order chi connectivity index (χ0) is 19.6. The van der Waals surface area contributed by atoms with E-state index >= 15 is 0 Å². The predicted octanol–water partition coefficient (Wildman–Crippen LogP) is 4.22. The van der Waals surface area contributed by atoms with E-state index < -0.39 is 0 Å². The number of pyridine rings is 2. The molecule has 1 fully saturated rings. The van der Waals surface area contributed by atoms with E-state index in [0.29, 0.717) is 6.04 Å². The molecule has 0 radical (unpaired) electrons. The minimum atomic E-state index is 0.382. The van der Waals surface area contributed by atoms with Crippen LogP contribution in [0.2, 0.25) is 0 Å². The quantitative estimate of drug-likeness (QED) is 0.655. The molecule has 1 aliphatic carbocycles. The highest BCUT2D eigenvalue weighted by atomic mass is 15.2. The predicted molar refractivity (Wildman–Crippen MR) is 116 cm³/mol. The van der Waals surface area contributed by atoms with Gasteiger partial charge in [-0.2, -0.15) is 0 Å². The van der Waals surface area contributed by atoms with Crippen LogP contribution < -0.4 is 0 Å². The van der Waals surface area contributed by atoms with E-state index in [1.807, 2.05) is 6.20 Å². The van der Waals surface area contributed by atoms with Crippen LogP contribution in [-0.2, 0) is 19.5 Å². The number of piperidine rings is 1. The summed E-state index contributed by atoms with van der Waals surface area (Å²) in [4.78, 5) is 14.9. The van der Waals surface area contributed by atoms with E-state index in [9.17, 15) is 0 Å². The fraction of sp³-hybridized carbons (Fsp3) is 0.500. The lowest BCUT2D eigenvalue weighted by atomic mass is 9.91. The molecule has 0 amide bonds. The number of fused-ring (bicyclic) bond motifs is 2. The fourth-order valence-corrected chi connectivity index (χ4v) is 5.08. The topological polar surface area (TPSA) is 36.7 Å². The molecule has 5 nitrogen and oxygen atoms in total. The maximum atomic E-state index is 5.04. The summed E-state index contributed by atoms with van der Waals surface area (Å²) in [6.07, 6.45) is 11.7. The summed E-state index contributed by atoms with van der Waals surface area (Å²) in [6.45, 7) is 4.27. The molecule has 1 aliphatic heterocycles. The molecule has 1 atom stereocenters. The summed E-state index contributed by atoms with van der Waals surface area (Å²) in [6, 6.07) is 11.0. The van der Waals surface area contributed by atoms with Crippen molar-refractivity contribution >= 4 is 5.65 Å². The number of nitrogens with zero attached hydrogens (tertiary/aromatic N) is 5. The summed E-state index contributed by atoms with van der Waals surface area (Å²) in [5.74, 6) is 0. The molecular weight excluding hydrogens is 358 g/mol. The molecule has 2 aliphatic rings. The van der Waals surface area contributed by atoms with E-state index in [2.05, 4.69) is 57.8 Å². The van der Waals surface area contributed by atoms with Gasteiger partial charge in [0.25, 0.3) is 0 Å². The third-order valence-electron chi connectivity index (χ3n) is 6.63. The van der Waals surface area contributed by atoms with Crippen molar-refractivity contribution in [2.24, 2.45) is 0 Å². The number of hydrogen-bond acceptors (Lipinski definition) is 4. The molecule has 0 aromatic carbocycles. The second kappa shape index (κ2) is 8.25. The van der Waals surface area contributed by atoms with E-state index in [1.54, 1.807) is 0 Å². The summed E-state index contributed by atoms with van der Waals surface area (Å²) < 4.78 is 2.30. The first-order valence-electron chi connectivity index (χ1n) is 11.1. The second-order valence-corrected chi connectivity index (χ2v) is 8.64. The first-order valence-corrected chi connectivity index (χ1v) is 11.1. The standard InChI is InChI=1S/C24H31N5/c1-27(21-11-7-9-19-10-8-13-25-24(19)21)17-20-22(18-28-14-4-2-5-15-28)29-16-6-3-12-23(29)26-20/h3,6,8,10,12-13,16,21H,2,4-5,7,9,11,14-15,17-18H2,1H3/t21-/m0/s1. The monoisotopic (exact) mass is 389 g/mol. The molecule has 3 aromatic rings. The van der Waals surface area contributed by atoms with Crippen LogP contribution in [0.1, 0.15) is 60.8 Å². The largest absolute Gasteiger partial charge is 0.302 e. The maximum absolute atomic E-state index is 5.04. The van der Waals surface area contributed by atoms with E-state index in [-0.39, 0.29) is 0 Å². The van der Waals surface area contributed by atoms with Crippen molar-refractivity contribution in [1.82, 2.24) is 24.2 Å². The van der Waals surface area contributed by atoms with Crippen LogP contribution in [0.3, 0.4) is 0 Å². The Morgan fingerprint density at radius 2 is 1.97 bits per heavy atom. The molecule has 0 spiro atoms. The third-order valence-corrected chi connectivity index (χ3v) is 6.63. The molecule has 1 saturated heterocycles. The number of rotatable bonds is 5. The second-order valence-electron chi connectivity index (χ2n) is 8.64. The van der Waals surface area contributed by atoms with Crippen molar-refractivity contribution in [2.75, 3.05) is 20.1 Å². The normalized spacial score (nSPS) is 20.3. The first kappa shape index (κ1) is 18.8. The Labute approximate surface area is 173 Å². The van der Waals surface area contributed by atoms with Crippen molar-refractivity contribution in [1.29, 1.82) is 0 Å². The molecule has 0 N–H and O–H groups in total. The Morgan fingerprint density at radius 3 is 2.86 bits per heavy atom. The molecule has 0 bridgehead atoms. The van der Waals surface area contributed by atoms with Crippen LogP contribution in [0.4, 0.5) is 0 Å². The first-order chi connectivity index (χ1) is 14.3. The molecule has 0 unspecified atom stereocenters. The SMILES string of the molecule is CN(Cc1nc2ccccn2c1CN1CCCCC1)[C@H]1CCCc2cccnc21. The van der Waals surface area contributed by atoms with Gasteiger partial charge in [-0.3, -0.25) is 14.8 Å². The number of likely N-dealkylation sites (tertiary alicyclic amines) is 1. The van der Waals surface area contributed by atoms with Gasteiger partial charge in [0, 0.05) is 25.5 Å². The minimum absolute atomic E-state index is 0.382. The van der Waals surface area contributed by atoms with Crippen LogP contribution in [-0.4, -0.2) is 44.3 Å². The van der Waals surface area contributed by atoms with Crippen LogP contribution in [0.15, 0.2) is 42.7 Å². The highest BCUT2D eigenvalue weighted by Crippen LogP contribution is 2.33. The third kappa shape index (κ3) is 3.81. The van der Waals surface area contributed by atoms with Gasteiger partial charge in [-0.1, -0.05) is 18.6 Å². The van der Waals surface area contributed by atoms with Gasteiger partial charge in [0.05, 0.1) is 23.1 Å². The van der Waals surface area contributed by atoms with Crippen LogP contribution >= 0.6 is 0 Å². The average molecular weight is 390 g/mol. The molecule has 5 rings (SSSR count). The average Bonchev–Trinajstić information content (AvgIpc) is 3.11. The Kier molecular flexibility index (Phi) is 5.34. The summed E-state index contributed by atoms with van der Waals surface area (Å²) in [7, 11) is 2.24. The molecule has 29 heavy (non-hydrogen) atoms. The van der Waals surface area contributed by atoms with Crippen molar-refractivity contribution in [2.45, 2.75) is 57.7 Å². The summed E-state index contributed by atoms with van der Waals surface area (Å²) in [5.41, 5.74) is 6.31. The highest BCUT2D eigenvalue weighted by molar-refractivity contribution is 5.43. The Balaban J connectivity index is 1.43. The molecule has 5 heteroatoms. The van der Waals surface area contributed by atoms with Gasteiger partial charge >= 0.3 is 0 Å². The molecule has 0 saturated carbocycles. The molecule has 152 valence electrons. The van der Waals surface area contributed by atoms with Crippen molar-refractivity contribution < 1.29 is 0 Å². The minimum Gasteiger partial charge on any atom is -0.302 e. The van der Waals surface area contributed by atoms with Crippen LogP contribution in [0.25, 0.3) is 5.65 Å². The van der Waals surface area contributed by atoms with Crippen LogP contribution in [0.5, 0.6) is 0 Å². The van der Waals surface area contributed by atoms with E-state index in [0.717, 1.165) is 25.2 Å². The fourth-order valence-electron chi connectivity index (χ4n) is 5.08. The van der Waals surface area contributed by atoms with Gasteiger partial charge in [0.15, 0.2) is 0 Å². The summed E-state index contributed by atoms with van der Waals surface area (Å²) in [5, 5.41) is 0. The summed E-state index contributed by atoms with van der Waals surface area (Å²) >= 11 is 0. The van der Waals surface area contributed by atoms with Gasteiger partial charge in [-0.15, -0.1) is 0 Å². The zero-order valence-corrected chi connectivity index (χ0v) is 17.4. The van der Waals surface area contributed by atoms with E-state index in [4.69, 9.17) is 9.97 Å². The number of hydrogen-bond donors (Lipinski definition) is 0. The highest BCUT2D eigenvalue weighted by Gasteiger charge is 2.27. The zero-order valence-electron chi connectivity index (χ0n) is 17.4. The van der Waals surface area contributed by atoms with Gasteiger partial charge in [-0.05, 0) is 76.0 Å². The number of imidazole rings is 1. The lowest BCUT2D eigenvalue weighted by Gasteiger charge is -2.32. The van der Waals surface area contributed by atoms with Crippen molar-refractivity contribution in [3.05, 3.63) is 65.4 Å². The molecule has 3 aromatic heterocycles. The number of aromatic nitrogens is 3. The van der Waals surface area contributed by atoms with Crippen molar-refractivity contribution in [3.8, 4) is 0 Å². The number of aryl methyl sites for hydroxylation is 1. The molecule has 4 heterocycles. The van der Waals surface area contributed by atoms with Crippen molar-refractivity contribution in [3.63, 3.8) is 0 Å². The van der Waals surface area contributed by atoms with Gasteiger partial charge in [0.2, 0.25) is 0 Å². The maximum Gasteiger partial charge on any atom is 0.137 e. The Morgan fingerprint density at radius 1 is 1.07 bits per heavy atom. The van der Waals surface area contributed by atoms with Crippen LogP contribution in [0, 0.1) is 0 Å². The lowest BCUT2D eigenvalue weighted by Crippen LogP contribution is -2.31. The van der Waals surface area contributed by atoms with Gasteiger partial charge in [-0.25, -0.2) is 4.98 Å². The smallest absolute Gasteiger partial charge is 0.137 e. The molecular formula is C24H31N5. The Hall–Kier alpha value is -2.24. The lowest BCUT2D eigenvalue weighted by molar-refractivity contribution is 0.199. The van der Waals surface area contributed by atoms with E-state index in [1.165, 1.54) is 67.8 Å². The van der Waals surface area contributed by atoms with Gasteiger partial charge in [0.1, 0.15) is 5.65 Å². The van der Waals surface area contributed by atoms with Gasteiger partial charge < -0.3 is 4.40 Å².